The van der Waals surface area contributed by atoms with Gasteiger partial charge in [0.15, 0.2) is 5.54 Å². The lowest BCUT2D eigenvalue weighted by atomic mass is 9.96. The van der Waals surface area contributed by atoms with Crippen LogP contribution in [0.15, 0.2) is 0 Å². The Hall–Kier alpha value is -3.65. The number of nitrogens with zero attached hydrogens (tertiary/aromatic N) is 4. The van der Waals surface area contributed by atoms with Gasteiger partial charge in [-0.1, -0.05) is 13.8 Å². The molecule has 0 unspecified atom stereocenters. The lowest BCUT2D eigenvalue weighted by Crippen LogP contribution is -2.57. The van der Waals surface area contributed by atoms with E-state index in [2.05, 4.69) is 10.4 Å². The van der Waals surface area contributed by atoms with Crippen molar-refractivity contribution in [2.75, 3.05) is 18.9 Å². The first-order valence-corrected chi connectivity index (χ1v) is 13.2. The molecule has 0 aromatic carbocycles. The van der Waals surface area contributed by atoms with Gasteiger partial charge in [-0.2, -0.15) is 18.3 Å². The van der Waals surface area contributed by atoms with E-state index in [-0.39, 0.29) is 25.3 Å². The minimum absolute atomic E-state index is 0.101. The molecule has 220 valence electrons. The Morgan fingerprint density at radius 3 is 2.45 bits per heavy atom. The van der Waals surface area contributed by atoms with Crippen LogP contribution >= 0.6 is 0 Å². The number of primary amides is 1. The van der Waals surface area contributed by atoms with E-state index in [0.717, 1.165) is 48.8 Å². The van der Waals surface area contributed by atoms with Crippen LogP contribution < -0.4 is 16.4 Å². The summed E-state index contributed by atoms with van der Waals surface area (Å²) < 4.78 is 39.8. The highest BCUT2D eigenvalue weighted by Crippen LogP contribution is 2.44. The molecule has 40 heavy (non-hydrogen) atoms. The van der Waals surface area contributed by atoms with Crippen LogP contribution in [0.5, 0.6) is 0 Å². The van der Waals surface area contributed by atoms with Gasteiger partial charge in [-0.3, -0.25) is 24.0 Å². The summed E-state index contributed by atoms with van der Waals surface area (Å²) in [7, 11) is 1.25. The van der Waals surface area contributed by atoms with E-state index in [0.29, 0.717) is 5.82 Å². The van der Waals surface area contributed by atoms with Gasteiger partial charge in [0.1, 0.15) is 23.9 Å². The van der Waals surface area contributed by atoms with E-state index in [1.54, 1.807) is 23.8 Å². The SMILES string of the molecule is CC(C)C[C@@H](C(=O)N1C[C@]2(C[C@H]1C(N)=O)C(=O)Nc1c3c(nn12)CCCC3)N(C)C(=O)[C@H](C)NC(=O)C(F)(F)F. The number of aromatic nitrogens is 2. The molecule has 0 radical (unpaired) electrons. The molecule has 3 heterocycles. The Morgan fingerprint density at radius 2 is 1.85 bits per heavy atom. The third-order valence-electron chi connectivity index (χ3n) is 7.94. The standard InChI is InChI=1S/C25H34F3N7O5/c1-12(2)9-16(33(4)20(37)13(3)30-23(40)25(26,27)28)21(38)34-11-24(10-17(34)18(29)36)22(39)31-19-14-7-5-6-8-15(14)32-35(19)24/h12-13,16-17H,5-11H2,1-4H3,(H2,29,36)(H,30,40)(H,31,39)/t13-,16-,17-,24+/m0/s1. The molecule has 5 amide bonds. The van der Waals surface area contributed by atoms with Crippen LogP contribution in [0.3, 0.4) is 0 Å². The van der Waals surface area contributed by atoms with E-state index in [1.807, 2.05) is 0 Å². The second-order valence-corrected chi connectivity index (χ2v) is 11.3. The molecule has 4 rings (SSSR count). The molecular formula is C25H34F3N7O5. The summed E-state index contributed by atoms with van der Waals surface area (Å²) in [6.07, 6.45) is -1.81. The predicted molar refractivity (Wildman–Crippen MR) is 134 cm³/mol. The minimum atomic E-state index is -5.19. The van der Waals surface area contributed by atoms with Gasteiger partial charge in [-0.05, 0) is 44.9 Å². The maximum absolute atomic E-state index is 14.0. The number of nitrogens with two attached hydrogens (primary N) is 1. The normalized spacial score (nSPS) is 23.4. The van der Waals surface area contributed by atoms with Gasteiger partial charge in [0.25, 0.3) is 5.91 Å². The number of amides is 5. The summed E-state index contributed by atoms with van der Waals surface area (Å²) in [6.45, 7) is 4.43. The van der Waals surface area contributed by atoms with Gasteiger partial charge in [0.2, 0.25) is 17.7 Å². The molecule has 1 spiro atoms. The Balaban J connectivity index is 1.63. The number of likely N-dealkylation sites (tertiary alicyclic amines) is 1. The first kappa shape index (κ1) is 29.3. The molecule has 0 bridgehead atoms. The molecular weight excluding hydrogens is 535 g/mol. The fraction of sp³-hybridized carbons (Fsp3) is 0.680. The summed E-state index contributed by atoms with van der Waals surface area (Å²) in [5, 5.41) is 9.16. The highest BCUT2D eigenvalue weighted by molar-refractivity contribution is 6.03. The molecule has 15 heteroatoms. The maximum Gasteiger partial charge on any atom is 0.471 e. The summed E-state index contributed by atoms with van der Waals surface area (Å²) >= 11 is 0. The lowest BCUT2D eigenvalue weighted by Gasteiger charge is -2.35. The van der Waals surface area contributed by atoms with Crippen LogP contribution in [-0.2, 0) is 42.4 Å². The van der Waals surface area contributed by atoms with Gasteiger partial charge in [-0.15, -0.1) is 0 Å². The van der Waals surface area contributed by atoms with Crippen molar-refractivity contribution in [3.05, 3.63) is 11.3 Å². The maximum atomic E-state index is 14.0. The lowest BCUT2D eigenvalue weighted by molar-refractivity contribution is -0.175. The molecule has 1 aromatic rings. The number of hydrogen-bond acceptors (Lipinski definition) is 6. The van der Waals surface area contributed by atoms with Crippen LogP contribution in [0.25, 0.3) is 0 Å². The average molecular weight is 570 g/mol. The van der Waals surface area contributed by atoms with Gasteiger partial charge >= 0.3 is 12.1 Å². The number of hydrogen-bond donors (Lipinski definition) is 3. The second-order valence-electron chi connectivity index (χ2n) is 11.3. The molecule has 1 aliphatic carbocycles. The van der Waals surface area contributed by atoms with Crippen LogP contribution in [0.2, 0.25) is 0 Å². The van der Waals surface area contributed by atoms with E-state index < -0.39 is 59.4 Å². The first-order valence-electron chi connectivity index (χ1n) is 13.2. The van der Waals surface area contributed by atoms with Gasteiger partial charge in [-0.25, -0.2) is 4.68 Å². The van der Waals surface area contributed by atoms with E-state index in [1.165, 1.54) is 11.9 Å². The molecule has 4 atom stereocenters. The molecule has 1 fully saturated rings. The zero-order valence-electron chi connectivity index (χ0n) is 22.8. The summed E-state index contributed by atoms with van der Waals surface area (Å²) in [5.74, 6) is -4.75. The number of fused-ring (bicyclic) bond motifs is 4. The second kappa shape index (κ2) is 10.4. The largest absolute Gasteiger partial charge is 0.471 e. The monoisotopic (exact) mass is 569 g/mol. The van der Waals surface area contributed by atoms with Crippen LogP contribution in [0.1, 0.15) is 57.7 Å². The molecule has 12 nitrogen and oxygen atoms in total. The molecule has 0 saturated carbocycles. The van der Waals surface area contributed by atoms with Crippen LogP contribution in [0, 0.1) is 5.92 Å². The predicted octanol–water partition coefficient (Wildman–Crippen LogP) is 0.436. The Kier molecular flexibility index (Phi) is 7.62. The van der Waals surface area contributed by atoms with Crippen molar-refractivity contribution < 1.29 is 37.1 Å². The zero-order chi connectivity index (χ0) is 29.7. The van der Waals surface area contributed by atoms with Gasteiger partial charge in [0.05, 0.1) is 12.2 Å². The van der Waals surface area contributed by atoms with Crippen molar-refractivity contribution in [3.8, 4) is 0 Å². The van der Waals surface area contributed by atoms with Crippen molar-refractivity contribution in [2.45, 2.75) is 89.1 Å². The highest BCUT2D eigenvalue weighted by atomic mass is 19.4. The average Bonchev–Trinajstić information content (AvgIpc) is 3.53. The molecule has 1 aromatic heterocycles. The van der Waals surface area contributed by atoms with Crippen molar-refractivity contribution >= 4 is 35.4 Å². The number of nitrogens with one attached hydrogen (secondary N) is 2. The quantitative estimate of drug-likeness (QED) is 0.432. The molecule has 3 aliphatic rings. The number of alkyl halides is 3. The zero-order valence-corrected chi connectivity index (χ0v) is 22.8. The van der Waals surface area contributed by atoms with Crippen LogP contribution in [0.4, 0.5) is 19.0 Å². The number of rotatable bonds is 7. The van der Waals surface area contributed by atoms with Crippen LogP contribution in [-0.4, -0.2) is 87.0 Å². The van der Waals surface area contributed by atoms with Crippen molar-refractivity contribution in [2.24, 2.45) is 11.7 Å². The molecule has 2 aliphatic heterocycles. The number of carbonyl (C=O) groups is 5. The smallest absolute Gasteiger partial charge is 0.368 e. The summed E-state index contributed by atoms with van der Waals surface area (Å²) in [6, 6.07) is -3.98. The topological polar surface area (TPSA) is 160 Å². The van der Waals surface area contributed by atoms with Crippen molar-refractivity contribution in [1.82, 2.24) is 24.9 Å². The Bertz CT molecular complexity index is 1250. The highest BCUT2D eigenvalue weighted by Gasteiger charge is 2.59. The van der Waals surface area contributed by atoms with Crippen molar-refractivity contribution in [3.63, 3.8) is 0 Å². The fourth-order valence-corrected chi connectivity index (χ4v) is 5.86. The van der Waals surface area contributed by atoms with E-state index >= 15 is 0 Å². The van der Waals surface area contributed by atoms with Gasteiger partial charge in [0, 0.05) is 19.0 Å². The van der Waals surface area contributed by atoms with Gasteiger partial charge < -0.3 is 26.2 Å². The number of likely N-dealkylation sites (N-methyl/N-ethyl adjacent to an activating group) is 1. The Labute approximate surface area is 228 Å². The third-order valence-corrected chi connectivity index (χ3v) is 7.94. The number of aryl methyl sites for hydroxylation is 1. The minimum Gasteiger partial charge on any atom is -0.368 e. The third kappa shape index (κ3) is 5.01. The summed E-state index contributed by atoms with van der Waals surface area (Å²) in [5.41, 5.74) is 6.12. The number of anilines is 1. The Morgan fingerprint density at radius 1 is 1.20 bits per heavy atom. The first-order chi connectivity index (χ1) is 18.6. The molecule has 1 saturated heterocycles. The van der Waals surface area contributed by atoms with E-state index in [4.69, 9.17) is 5.73 Å². The fourth-order valence-electron chi connectivity index (χ4n) is 5.86. The van der Waals surface area contributed by atoms with E-state index in [9.17, 15) is 37.1 Å². The summed E-state index contributed by atoms with van der Waals surface area (Å²) in [4.78, 5) is 66.5. The van der Waals surface area contributed by atoms with Crippen molar-refractivity contribution in [1.29, 1.82) is 0 Å². The number of halogens is 3. The molecule has 4 N–H and O–H groups in total. The number of carbonyl (C=O) groups excluding carboxylic acids is 5.